The summed E-state index contributed by atoms with van der Waals surface area (Å²) < 4.78 is 0. The van der Waals surface area contributed by atoms with Crippen LogP contribution in [-0.4, -0.2) is 15.0 Å². The average molecular weight is 231 g/mol. The van der Waals surface area contributed by atoms with Crippen LogP contribution in [0.1, 0.15) is 0 Å². The van der Waals surface area contributed by atoms with Crippen molar-refractivity contribution in [3.63, 3.8) is 0 Å². The van der Waals surface area contributed by atoms with Gasteiger partial charge in [-0.2, -0.15) is 0 Å². The maximum Gasteiger partial charge on any atom is 0.115 e. The van der Waals surface area contributed by atoms with Crippen LogP contribution in [0, 0.1) is 0 Å². The molecule has 0 aliphatic heterocycles. The van der Waals surface area contributed by atoms with Crippen LogP contribution in [0.25, 0.3) is 32.8 Å². The van der Waals surface area contributed by atoms with Gasteiger partial charge >= 0.3 is 0 Å². The molecule has 0 spiro atoms. The van der Waals surface area contributed by atoms with Crippen molar-refractivity contribution < 1.29 is 0 Å². The first kappa shape index (κ1) is 9.48. The van der Waals surface area contributed by atoms with Crippen molar-refractivity contribution in [3.8, 4) is 0 Å². The van der Waals surface area contributed by atoms with Crippen molar-refractivity contribution in [3.05, 3.63) is 54.9 Å². The molecular formula is C15H9N3. The highest BCUT2D eigenvalue weighted by Crippen LogP contribution is 2.23. The van der Waals surface area contributed by atoms with Gasteiger partial charge < -0.3 is 0 Å². The molecule has 0 amide bonds. The third-order valence-corrected chi connectivity index (χ3v) is 3.11. The van der Waals surface area contributed by atoms with E-state index < -0.39 is 0 Å². The summed E-state index contributed by atoms with van der Waals surface area (Å²) in [7, 11) is 0. The van der Waals surface area contributed by atoms with Gasteiger partial charge in [-0.25, -0.2) is 4.98 Å². The summed E-state index contributed by atoms with van der Waals surface area (Å²) in [6, 6.07) is 14.1. The van der Waals surface area contributed by atoms with Gasteiger partial charge in [-0.15, -0.1) is 0 Å². The number of nitrogens with zero attached hydrogens (tertiary/aromatic N) is 3. The van der Waals surface area contributed by atoms with Crippen LogP contribution in [0.3, 0.4) is 0 Å². The Morgan fingerprint density at radius 2 is 1.61 bits per heavy atom. The predicted molar refractivity (Wildman–Crippen MR) is 72.3 cm³/mol. The van der Waals surface area contributed by atoms with Crippen molar-refractivity contribution in [2.45, 2.75) is 0 Å². The van der Waals surface area contributed by atoms with E-state index in [1.54, 1.807) is 6.20 Å². The number of pyridine rings is 3. The number of hydrogen-bond donors (Lipinski definition) is 0. The van der Waals surface area contributed by atoms with E-state index >= 15 is 0 Å². The summed E-state index contributed by atoms with van der Waals surface area (Å²) >= 11 is 0. The Bertz CT molecular complexity index is 878. The predicted octanol–water partition coefficient (Wildman–Crippen LogP) is 3.33. The zero-order chi connectivity index (χ0) is 11.9. The number of fused-ring (bicyclic) bond motifs is 4. The van der Waals surface area contributed by atoms with Crippen LogP contribution < -0.4 is 0 Å². The fraction of sp³-hybridized carbons (Fsp3) is 0. The van der Waals surface area contributed by atoms with Crippen molar-refractivity contribution in [2.75, 3.05) is 0 Å². The lowest BCUT2D eigenvalue weighted by atomic mass is 10.1. The molecule has 3 heterocycles. The minimum absolute atomic E-state index is 0.862. The van der Waals surface area contributed by atoms with Gasteiger partial charge in [-0.05, 0) is 24.3 Å². The summed E-state index contributed by atoms with van der Waals surface area (Å²) in [5, 5.41) is 2.15. The fourth-order valence-corrected chi connectivity index (χ4v) is 2.24. The van der Waals surface area contributed by atoms with Gasteiger partial charge in [0.05, 0.1) is 11.0 Å². The van der Waals surface area contributed by atoms with Gasteiger partial charge in [0.2, 0.25) is 0 Å². The highest BCUT2D eigenvalue weighted by Gasteiger charge is 2.05. The molecule has 3 aromatic heterocycles. The van der Waals surface area contributed by atoms with E-state index in [-0.39, 0.29) is 0 Å². The molecule has 0 fully saturated rings. The highest BCUT2D eigenvalue weighted by molar-refractivity contribution is 6.04. The van der Waals surface area contributed by atoms with Crippen molar-refractivity contribution in [2.24, 2.45) is 0 Å². The van der Waals surface area contributed by atoms with Crippen molar-refractivity contribution >= 4 is 32.8 Å². The molecule has 3 heteroatoms. The molecule has 1 aromatic carbocycles. The van der Waals surface area contributed by atoms with E-state index in [4.69, 9.17) is 4.98 Å². The Kier molecular flexibility index (Phi) is 1.83. The Hall–Kier alpha value is -2.55. The van der Waals surface area contributed by atoms with Crippen LogP contribution in [0.15, 0.2) is 54.9 Å². The second-order valence-corrected chi connectivity index (χ2v) is 4.25. The van der Waals surface area contributed by atoms with Crippen LogP contribution in [0.4, 0.5) is 0 Å². The normalized spacial score (nSPS) is 11.3. The molecule has 0 unspecified atom stereocenters. The van der Waals surface area contributed by atoms with Gasteiger partial charge in [0.15, 0.2) is 0 Å². The summed E-state index contributed by atoms with van der Waals surface area (Å²) in [5.41, 5.74) is 3.65. The summed E-state index contributed by atoms with van der Waals surface area (Å²) in [6.45, 7) is 0. The average Bonchev–Trinajstić information content (AvgIpc) is 2.45. The first-order valence-corrected chi connectivity index (χ1v) is 5.81. The highest BCUT2D eigenvalue weighted by atomic mass is 14.8. The Morgan fingerprint density at radius 1 is 0.722 bits per heavy atom. The van der Waals surface area contributed by atoms with Crippen LogP contribution in [-0.2, 0) is 0 Å². The molecule has 0 radical (unpaired) electrons. The second kappa shape index (κ2) is 3.47. The van der Waals surface area contributed by atoms with Gasteiger partial charge in [0, 0.05) is 23.2 Å². The molecule has 0 bridgehead atoms. The minimum Gasteiger partial charge on any atom is -0.254 e. The molecule has 4 rings (SSSR count). The Morgan fingerprint density at radius 3 is 2.61 bits per heavy atom. The maximum atomic E-state index is 4.70. The molecule has 0 aliphatic carbocycles. The number of aromatic nitrogens is 3. The molecule has 0 saturated carbocycles. The smallest absolute Gasteiger partial charge is 0.115 e. The molecule has 0 saturated heterocycles. The van der Waals surface area contributed by atoms with E-state index in [1.807, 2.05) is 36.5 Å². The molecule has 3 nitrogen and oxygen atoms in total. The fourth-order valence-electron chi connectivity index (χ4n) is 2.24. The van der Waals surface area contributed by atoms with Crippen LogP contribution in [0.5, 0.6) is 0 Å². The van der Waals surface area contributed by atoms with E-state index in [9.17, 15) is 0 Å². The van der Waals surface area contributed by atoms with Crippen LogP contribution in [0.2, 0.25) is 0 Å². The summed E-state index contributed by atoms with van der Waals surface area (Å²) in [4.78, 5) is 13.5. The third kappa shape index (κ3) is 1.27. The monoisotopic (exact) mass is 231 g/mol. The third-order valence-electron chi connectivity index (χ3n) is 3.11. The van der Waals surface area contributed by atoms with Crippen LogP contribution >= 0.6 is 0 Å². The van der Waals surface area contributed by atoms with Gasteiger partial charge in [0.1, 0.15) is 11.0 Å². The molecular weight excluding hydrogens is 222 g/mol. The SMILES string of the molecule is c1ccc2nc3c(cnc4cccnc43)cc2c1. The first-order chi connectivity index (χ1) is 8.92. The Balaban J connectivity index is 2.27. The van der Waals surface area contributed by atoms with Gasteiger partial charge in [-0.1, -0.05) is 18.2 Å². The molecule has 18 heavy (non-hydrogen) atoms. The molecule has 0 aliphatic rings. The lowest BCUT2D eigenvalue weighted by Crippen LogP contribution is -1.88. The maximum absolute atomic E-state index is 4.70. The molecule has 84 valence electrons. The molecule has 0 atom stereocenters. The number of rotatable bonds is 0. The first-order valence-electron chi connectivity index (χ1n) is 5.81. The van der Waals surface area contributed by atoms with E-state index in [1.165, 1.54) is 0 Å². The van der Waals surface area contributed by atoms with E-state index in [0.717, 1.165) is 32.8 Å². The van der Waals surface area contributed by atoms with E-state index in [2.05, 4.69) is 22.1 Å². The zero-order valence-corrected chi connectivity index (χ0v) is 9.54. The quantitative estimate of drug-likeness (QED) is 0.344. The lowest BCUT2D eigenvalue weighted by molar-refractivity contribution is 1.34. The standard InChI is InChI=1S/C15H9N3/c1-2-5-12-10(4-1)8-11-9-17-13-6-3-7-16-15(13)14(11)18-12/h1-9H. The number of benzene rings is 1. The number of para-hydroxylation sites is 1. The number of hydrogen-bond acceptors (Lipinski definition) is 3. The topological polar surface area (TPSA) is 38.7 Å². The largest absolute Gasteiger partial charge is 0.254 e. The zero-order valence-electron chi connectivity index (χ0n) is 9.54. The van der Waals surface area contributed by atoms with Gasteiger partial charge in [0.25, 0.3) is 0 Å². The van der Waals surface area contributed by atoms with Gasteiger partial charge in [-0.3, -0.25) is 9.97 Å². The second-order valence-electron chi connectivity index (χ2n) is 4.25. The Labute approximate surface area is 103 Å². The van der Waals surface area contributed by atoms with Crippen molar-refractivity contribution in [1.82, 2.24) is 15.0 Å². The summed E-state index contributed by atoms with van der Waals surface area (Å²) in [6.07, 6.45) is 3.64. The van der Waals surface area contributed by atoms with Crippen molar-refractivity contribution in [1.29, 1.82) is 0 Å². The van der Waals surface area contributed by atoms with E-state index in [0.29, 0.717) is 0 Å². The lowest BCUT2D eigenvalue weighted by Gasteiger charge is -2.03. The molecule has 0 N–H and O–H groups in total. The minimum atomic E-state index is 0.862. The molecule has 4 aromatic rings. The summed E-state index contributed by atoms with van der Waals surface area (Å²) in [5.74, 6) is 0.